The molecule has 6 nitrogen and oxygen atoms in total. The third-order valence-electron chi connectivity index (χ3n) is 3.76. The Morgan fingerprint density at radius 1 is 1.04 bits per heavy atom. The number of methoxy groups -OCH3 is 3. The monoisotopic (exact) mass is 371 g/mol. The summed E-state index contributed by atoms with van der Waals surface area (Å²) in [5.41, 5.74) is 2.25. The maximum absolute atomic E-state index is 12.5. The highest BCUT2D eigenvalue weighted by Gasteiger charge is 2.14. The Balaban J connectivity index is 2.09. The molecule has 0 aromatic heterocycles. The largest absolute Gasteiger partial charge is 0.493 e. The number of hydrogen-bond acceptors (Lipinski definition) is 5. The summed E-state index contributed by atoms with van der Waals surface area (Å²) < 4.78 is 21.5. The van der Waals surface area contributed by atoms with Crippen LogP contribution >= 0.6 is 0 Å². The molecule has 0 saturated heterocycles. The molecular formula is C21H25NO5. The molecular weight excluding hydrogens is 346 g/mol. The Labute approximate surface area is 159 Å². The van der Waals surface area contributed by atoms with Crippen LogP contribution in [0.25, 0.3) is 0 Å². The van der Waals surface area contributed by atoms with Crippen LogP contribution in [0.4, 0.5) is 0 Å². The number of benzene rings is 2. The van der Waals surface area contributed by atoms with Crippen molar-refractivity contribution in [1.29, 1.82) is 0 Å². The van der Waals surface area contributed by atoms with Crippen LogP contribution in [-0.2, 0) is 6.54 Å². The molecule has 2 aromatic rings. The summed E-state index contributed by atoms with van der Waals surface area (Å²) in [6.45, 7) is 6.41. The third-order valence-corrected chi connectivity index (χ3v) is 3.76. The van der Waals surface area contributed by atoms with E-state index in [0.717, 1.165) is 11.1 Å². The van der Waals surface area contributed by atoms with Crippen LogP contribution < -0.4 is 24.3 Å². The number of hydrogen-bond donors (Lipinski definition) is 1. The Morgan fingerprint density at radius 2 is 1.70 bits per heavy atom. The van der Waals surface area contributed by atoms with E-state index >= 15 is 0 Å². The molecule has 0 aliphatic rings. The molecule has 27 heavy (non-hydrogen) atoms. The molecule has 6 heteroatoms. The quantitative estimate of drug-likeness (QED) is 0.682. The van der Waals surface area contributed by atoms with Gasteiger partial charge in [0.2, 0.25) is 5.75 Å². The minimum atomic E-state index is -0.204. The zero-order valence-electron chi connectivity index (χ0n) is 16.1. The first-order chi connectivity index (χ1) is 13.0. The van der Waals surface area contributed by atoms with Gasteiger partial charge >= 0.3 is 0 Å². The van der Waals surface area contributed by atoms with Gasteiger partial charge in [-0.3, -0.25) is 4.79 Å². The van der Waals surface area contributed by atoms with Crippen molar-refractivity contribution >= 4 is 5.91 Å². The van der Waals surface area contributed by atoms with Crippen LogP contribution in [-0.4, -0.2) is 33.8 Å². The molecule has 0 atom stereocenters. The zero-order chi connectivity index (χ0) is 19.8. The van der Waals surface area contributed by atoms with Gasteiger partial charge in [-0.2, -0.15) is 0 Å². The lowest BCUT2D eigenvalue weighted by Crippen LogP contribution is -2.22. The second kappa shape index (κ2) is 9.52. The number of amides is 1. The SMILES string of the molecule is C=C(C)COc1cccc(C(=O)NCc2cc(OC)c(OC)c(OC)c2)c1. The number of nitrogens with one attached hydrogen (secondary N) is 1. The van der Waals surface area contributed by atoms with E-state index in [1.807, 2.05) is 6.92 Å². The Morgan fingerprint density at radius 3 is 2.26 bits per heavy atom. The van der Waals surface area contributed by atoms with Gasteiger partial charge in [-0.25, -0.2) is 0 Å². The summed E-state index contributed by atoms with van der Waals surface area (Å²) in [6.07, 6.45) is 0. The van der Waals surface area contributed by atoms with E-state index in [2.05, 4.69) is 11.9 Å². The van der Waals surface area contributed by atoms with Gasteiger partial charge in [-0.05, 0) is 48.4 Å². The highest BCUT2D eigenvalue weighted by molar-refractivity contribution is 5.94. The van der Waals surface area contributed by atoms with Gasteiger partial charge in [0.15, 0.2) is 11.5 Å². The van der Waals surface area contributed by atoms with Gasteiger partial charge in [0.25, 0.3) is 5.91 Å². The molecule has 0 heterocycles. The van der Waals surface area contributed by atoms with Crippen LogP contribution in [0.5, 0.6) is 23.0 Å². The highest BCUT2D eigenvalue weighted by Crippen LogP contribution is 2.38. The third kappa shape index (κ3) is 5.41. The molecule has 1 N–H and O–H groups in total. The smallest absolute Gasteiger partial charge is 0.251 e. The maximum Gasteiger partial charge on any atom is 0.251 e. The van der Waals surface area contributed by atoms with Crippen molar-refractivity contribution in [3.8, 4) is 23.0 Å². The van der Waals surface area contributed by atoms with Crippen molar-refractivity contribution in [2.75, 3.05) is 27.9 Å². The van der Waals surface area contributed by atoms with Crippen LogP contribution in [0.15, 0.2) is 48.6 Å². The summed E-state index contributed by atoms with van der Waals surface area (Å²) in [4.78, 5) is 12.5. The molecule has 0 unspecified atom stereocenters. The van der Waals surface area contributed by atoms with Crippen molar-refractivity contribution < 1.29 is 23.7 Å². The Hall–Kier alpha value is -3.15. The van der Waals surface area contributed by atoms with E-state index in [1.54, 1.807) is 57.7 Å². The average molecular weight is 371 g/mol. The molecule has 0 aliphatic carbocycles. The maximum atomic E-state index is 12.5. The molecule has 0 aliphatic heterocycles. The van der Waals surface area contributed by atoms with Gasteiger partial charge in [-0.15, -0.1) is 0 Å². The minimum absolute atomic E-state index is 0.204. The molecule has 2 aromatic carbocycles. The van der Waals surface area contributed by atoms with Gasteiger partial charge in [0.05, 0.1) is 21.3 Å². The fourth-order valence-electron chi connectivity index (χ4n) is 2.46. The fourth-order valence-corrected chi connectivity index (χ4v) is 2.46. The Bertz CT molecular complexity index is 791. The summed E-state index contributed by atoms with van der Waals surface area (Å²) in [5, 5.41) is 2.88. The van der Waals surface area contributed by atoms with E-state index < -0.39 is 0 Å². The lowest BCUT2D eigenvalue weighted by molar-refractivity contribution is 0.0950. The molecule has 0 fully saturated rings. The molecule has 0 saturated carbocycles. The van der Waals surface area contributed by atoms with Gasteiger partial charge in [0.1, 0.15) is 12.4 Å². The van der Waals surface area contributed by atoms with Gasteiger partial charge < -0.3 is 24.3 Å². The second-order valence-corrected chi connectivity index (χ2v) is 5.99. The van der Waals surface area contributed by atoms with Gasteiger partial charge in [0, 0.05) is 12.1 Å². The summed E-state index contributed by atoms with van der Waals surface area (Å²) in [5.74, 6) is 2.01. The number of ether oxygens (including phenoxy) is 4. The normalized spacial score (nSPS) is 10.1. The first kappa shape index (κ1) is 20.2. The van der Waals surface area contributed by atoms with Crippen molar-refractivity contribution in [3.63, 3.8) is 0 Å². The van der Waals surface area contributed by atoms with Gasteiger partial charge in [-0.1, -0.05) is 12.6 Å². The van der Waals surface area contributed by atoms with E-state index in [9.17, 15) is 4.79 Å². The predicted octanol–water partition coefficient (Wildman–Crippen LogP) is 3.60. The first-order valence-corrected chi connectivity index (χ1v) is 8.42. The molecule has 1 amide bonds. The number of carbonyl (C=O) groups is 1. The predicted molar refractivity (Wildman–Crippen MR) is 104 cm³/mol. The molecule has 0 radical (unpaired) electrons. The standard InChI is InChI=1S/C21H25NO5/c1-14(2)13-27-17-8-6-7-16(11-17)21(23)22-12-15-9-18(24-3)20(26-5)19(10-15)25-4/h6-11H,1,12-13H2,2-5H3,(H,22,23). The first-order valence-electron chi connectivity index (χ1n) is 8.42. The molecule has 2 rings (SSSR count). The topological polar surface area (TPSA) is 66.0 Å². The van der Waals surface area contributed by atoms with Crippen LogP contribution in [0, 0.1) is 0 Å². The van der Waals surface area contributed by atoms with Crippen molar-refractivity contribution in [2.24, 2.45) is 0 Å². The summed E-state index contributed by atoms with van der Waals surface area (Å²) in [7, 11) is 4.65. The zero-order valence-corrected chi connectivity index (χ0v) is 16.1. The van der Waals surface area contributed by atoms with Crippen LogP contribution in [0.3, 0.4) is 0 Å². The van der Waals surface area contributed by atoms with Crippen molar-refractivity contribution in [2.45, 2.75) is 13.5 Å². The lowest BCUT2D eigenvalue weighted by Gasteiger charge is -2.14. The molecule has 144 valence electrons. The van der Waals surface area contributed by atoms with E-state index in [4.69, 9.17) is 18.9 Å². The van der Waals surface area contributed by atoms with Crippen molar-refractivity contribution in [1.82, 2.24) is 5.32 Å². The van der Waals surface area contributed by atoms with E-state index in [-0.39, 0.29) is 5.91 Å². The number of carbonyl (C=O) groups excluding carboxylic acids is 1. The minimum Gasteiger partial charge on any atom is -0.493 e. The highest BCUT2D eigenvalue weighted by atomic mass is 16.5. The van der Waals surface area contributed by atoms with E-state index in [0.29, 0.717) is 41.7 Å². The van der Waals surface area contributed by atoms with E-state index in [1.165, 1.54) is 0 Å². The van der Waals surface area contributed by atoms with Crippen LogP contribution in [0.2, 0.25) is 0 Å². The fraction of sp³-hybridized carbons (Fsp3) is 0.286. The second-order valence-electron chi connectivity index (χ2n) is 5.99. The van der Waals surface area contributed by atoms with Crippen LogP contribution in [0.1, 0.15) is 22.8 Å². The molecule has 0 bridgehead atoms. The number of rotatable bonds is 9. The Kier molecular flexibility index (Phi) is 7.11. The summed E-state index contributed by atoms with van der Waals surface area (Å²) in [6, 6.07) is 10.6. The summed E-state index contributed by atoms with van der Waals surface area (Å²) >= 11 is 0. The van der Waals surface area contributed by atoms with Crippen molar-refractivity contribution in [3.05, 3.63) is 59.7 Å². The lowest BCUT2D eigenvalue weighted by atomic mass is 10.1. The molecule has 0 spiro atoms. The average Bonchev–Trinajstić information content (AvgIpc) is 2.69.